The molecule has 1 atom stereocenters. The Balaban J connectivity index is 1.99. The van der Waals surface area contributed by atoms with Gasteiger partial charge in [-0.15, -0.1) is 0 Å². The normalized spacial score (nSPS) is 14.0. The van der Waals surface area contributed by atoms with Crippen LogP contribution in [0, 0.1) is 11.2 Å². The smallest absolute Gasteiger partial charge is 0.422 e. The molecule has 0 spiro atoms. The molecule has 33 heavy (non-hydrogen) atoms. The number of benzene rings is 1. The molecule has 2 heterocycles. The molecule has 0 amide bonds. The molecule has 2 N–H and O–H groups in total. The van der Waals surface area contributed by atoms with E-state index >= 15 is 4.39 Å². The standard InChI is InChI=1S/C22H21F4N3O4/c1-20(2,3)22(30,16-10-27-12-29-19(16)33-31)15-6-4-13(8-17(15)23)14-5-7-18(28-9-14)32-11-21(24,25)26/h4-10,12,30-31H,11H2,1-3H3. The second-order valence-electron chi connectivity index (χ2n) is 8.28. The van der Waals surface area contributed by atoms with E-state index in [1.165, 1.54) is 36.7 Å². The Morgan fingerprint density at radius 3 is 2.18 bits per heavy atom. The number of hydrogen-bond acceptors (Lipinski definition) is 7. The average Bonchev–Trinajstić information content (AvgIpc) is 2.76. The summed E-state index contributed by atoms with van der Waals surface area (Å²) < 4.78 is 56.7. The van der Waals surface area contributed by atoms with Crippen molar-refractivity contribution in [2.24, 2.45) is 5.41 Å². The molecular weight excluding hydrogens is 446 g/mol. The maximum atomic E-state index is 15.3. The minimum absolute atomic E-state index is 0.0421. The molecule has 3 aromatic rings. The number of ether oxygens (including phenoxy) is 1. The summed E-state index contributed by atoms with van der Waals surface area (Å²) >= 11 is 0. The minimum atomic E-state index is -4.49. The molecule has 1 aromatic carbocycles. The van der Waals surface area contributed by atoms with Crippen molar-refractivity contribution in [1.82, 2.24) is 15.0 Å². The molecule has 176 valence electrons. The third kappa shape index (κ3) is 5.04. The van der Waals surface area contributed by atoms with E-state index in [0.717, 1.165) is 12.4 Å². The molecule has 0 saturated heterocycles. The molecule has 1 unspecified atom stereocenters. The predicted octanol–water partition coefficient (Wildman–Crippen LogP) is 4.75. The first-order valence-electron chi connectivity index (χ1n) is 9.67. The lowest BCUT2D eigenvalue weighted by Crippen LogP contribution is -2.42. The van der Waals surface area contributed by atoms with E-state index in [-0.39, 0.29) is 22.9 Å². The first-order chi connectivity index (χ1) is 15.4. The summed E-state index contributed by atoms with van der Waals surface area (Å²) in [6.07, 6.45) is -0.917. The van der Waals surface area contributed by atoms with Crippen molar-refractivity contribution in [3.05, 3.63) is 66.0 Å². The summed E-state index contributed by atoms with van der Waals surface area (Å²) in [5.41, 5.74) is -2.37. The number of hydrogen-bond donors (Lipinski definition) is 2. The Bertz CT molecular complexity index is 1120. The van der Waals surface area contributed by atoms with Crippen LogP contribution in [0.4, 0.5) is 17.6 Å². The van der Waals surface area contributed by atoms with Crippen LogP contribution in [0.2, 0.25) is 0 Å². The van der Waals surface area contributed by atoms with Gasteiger partial charge in [0.2, 0.25) is 5.88 Å². The van der Waals surface area contributed by atoms with Gasteiger partial charge in [-0.3, -0.25) is 0 Å². The molecule has 0 bridgehead atoms. The van der Waals surface area contributed by atoms with Crippen LogP contribution >= 0.6 is 0 Å². The highest BCUT2D eigenvalue weighted by Crippen LogP contribution is 2.48. The van der Waals surface area contributed by atoms with Crippen LogP contribution in [-0.2, 0) is 5.60 Å². The van der Waals surface area contributed by atoms with E-state index in [2.05, 4.69) is 24.6 Å². The third-order valence-corrected chi connectivity index (χ3v) is 5.05. The summed E-state index contributed by atoms with van der Waals surface area (Å²) in [5.74, 6) is -1.34. The topological polar surface area (TPSA) is 97.6 Å². The van der Waals surface area contributed by atoms with Gasteiger partial charge in [-0.05, 0) is 23.1 Å². The van der Waals surface area contributed by atoms with Crippen molar-refractivity contribution in [3.8, 4) is 22.9 Å². The van der Waals surface area contributed by atoms with Gasteiger partial charge in [0.25, 0.3) is 5.88 Å². The van der Waals surface area contributed by atoms with Crippen LogP contribution in [0.3, 0.4) is 0 Å². The molecule has 0 aliphatic heterocycles. The Morgan fingerprint density at radius 1 is 0.939 bits per heavy atom. The Kier molecular flexibility index (Phi) is 6.57. The van der Waals surface area contributed by atoms with Crippen molar-refractivity contribution in [3.63, 3.8) is 0 Å². The average molecular weight is 467 g/mol. The van der Waals surface area contributed by atoms with E-state index in [9.17, 15) is 23.5 Å². The maximum Gasteiger partial charge on any atom is 0.422 e. The predicted molar refractivity (Wildman–Crippen MR) is 109 cm³/mol. The van der Waals surface area contributed by atoms with E-state index in [4.69, 9.17) is 0 Å². The van der Waals surface area contributed by atoms with Gasteiger partial charge in [-0.1, -0.05) is 32.9 Å². The van der Waals surface area contributed by atoms with Gasteiger partial charge in [0.1, 0.15) is 17.7 Å². The van der Waals surface area contributed by atoms with Crippen LogP contribution < -0.4 is 9.62 Å². The molecule has 0 fully saturated rings. The highest BCUT2D eigenvalue weighted by Gasteiger charge is 2.48. The fraction of sp³-hybridized carbons (Fsp3) is 0.318. The first-order valence-corrected chi connectivity index (χ1v) is 9.67. The molecule has 0 aliphatic rings. The van der Waals surface area contributed by atoms with Crippen LogP contribution in [0.5, 0.6) is 11.8 Å². The van der Waals surface area contributed by atoms with E-state index in [0.29, 0.717) is 11.1 Å². The third-order valence-electron chi connectivity index (χ3n) is 5.05. The van der Waals surface area contributed by atoms with Gasteiger partial charge in [0.05, 0.1) is 5.56 Å². The van der Waals surface area contributed by atoms with Gasteiger partial charge in [0.15, 0.2) is 6.61 Å². The molecule has 2 aromatic heterocycles. The molecular formula is C22H21F4N3O4. The van der Waals surface area contributed by atoms with Gasteiger partial charge >= 0.3 is 6.18 Å². The summed E-state index contributed by atoms with van der Waals surface area (Å²) in [6, 6.07) is 6.71. The van der Waals surface area contributed by atoms with Gasteiger partial charge in [-0.25, -0.2) is 19.6 Å². The summed E-state index contributed by atoms with van der Waals surface area (Å²) in [7, 11) is 0. The first kappa shape index (κ1) is 24.3. The van der Waals surface area contributed by atoms with Gasteiger partial charge < -0.3 is 14.7 Å². The summed E-state index contributed by atoms with van der Waals surface area (Å²) in [4.78, 5) is 15.7. The van der Waals surface area contributed by atoms with Crippen molar-refractivity contribution < 1.29 is 37.5 Å². The van der Waals surface area contributed by atoms with Gasteiger partial charge in [0, 0.05) is 29.6 Å². The van der Waals surface area contributed by atoms with Crippen molar-refractivity contribution >= 4 is 0 Å². The Labute approximate surface area is 186 Å². The molecule has 3 rings (SSSR count). The van der Waals surface area contributed by atoms with Crippen molar-refractivity contribution in [2.45, 2.75) is 32.5 Å². The lowest BCUT2D eigenvalue weighted by Gasteiger charge is -2.41. The van der Waals surface area contributed by atoms with Crippen LogP contribution in [0.15, 0.2) is 49.1 Å². The fourth-order valence-electron chi connectivity index (χ4n) is 3.37. The van der Waals surface area contributed by atoms with Crippen molar-refractivity contribution in [2.75, 3.05) is 6.61 Å². The highest BCUT2D eigenvalue weighted by atomic mass is 19.4. The summed E-state index contributed by atoms with van der Waals surface area (Å²) in [6.45, 7) is 3.52. The minimum Gasteiger partial charge on any atom is -0.468 e. The fourth-order valence-corrected chi connectivity index (χ4v) is 3.37. The van der Waals surface area contributed by atoms with E-state index in [1.54, 1.807) is 20.8 Å². The number of nitrogens with zero attached hydrogens (tertiary/aromatic N) is 3. The highest BCUT2D eigenvalue weighted by molar-refractivity contribution is 5.64. The maximum absolute atomic E-state index is 15.3. The zero-order chi connectivity index (χ0) is 24.4. The van der Waals surface area contributed by atoms with Gasteiger partial charge in [-0.2, -0.15) is 18.2 Å². The Morgan fingerprint density at radius 2 is 1.64 bits per heavy atom. The second-order valence-corrected chi connectivity index (χ2v) is 8.28. The molecule has 0 aliphatic carbocycles. The van der Waals surface area contributed by atoms with E-state index < -0.39 is 29.6 Å². The number of alkyl halides is 3. The quantitative estimate of drug-likeness (QED) is 0.307. The van der Waals surface area contributed by atoms with Crippen LogP contribution in [0.1, 0.15) is 31.9 Å². The van der Waals surface area contributed by atoms with Crippen LogP contribution in [-0.4, -0.2) is 38.1 Å². The summed E-state index contributed by atoms with van der Waals surface area (Å²) in [5, 5.41) is 20.9. The van der Waals surface area contributed by atoms with Crippen molar-refractivity contribution in [1.29, 1.82) is 0 Å². The molecule has 0 saturated carbocycles. The Hall–Kier alpha value is -3.31. The van der Waals surface area contributed by atoms with Crippen LogP contribution in [0.25, 0.3) is 11.1 Å². The zero-order valence-electron chi connectivity index (χ0n) is 17.9. The number of rotatable bonds is 6. The number of halogens is 4. The lowest BCUT2D eigenvalue weighted by molar-refractivity contribution is -0.154. The largest absolute Gasteiger partial charge is 0.468 e. The lowest BCUT2D eigenvalue weighted by atomic mass is 9.68. The monoisotopic (exact) mass is 467 g/mol. The molecule has 11 heteroatoms. The number of pyridine rings is 1. The zero-order valence-corrected chi connectivity index (χ0v) is 17.9. The second kappa shape index (κ2) is 8.91. The molecule has 0 radical (unpaired) electrons. The number of aromatic nitrogens is 3. The SMILES string of the molecule is CC(C)(C)C(O)(c1ccc(-c2ccc(OCC(F)(F)F)nc2)cc1F)c1cncnc1OO. The molecule has 7 nitrogen and oxygen atoms in total. The van der Waals surface area contributed by atoms with E-state index in [1.807, 2.05) is 0 Å². The number of aliphatic hydroxyl groups is 1.